The van der Waals surface area contributed by atoms with Gasteiger partial charge in [0, 0.05) is 0 Å². The van der Waals surface area contributed by atoms with E-state index in [2.05, 4.69) is 0 Å². The van der Waals surface area contributed by atoms with Gasteiger partial charge in [0.1, 0.15) is 0 Å². The van der Waals surface area contributed by atoms with Gasteiger partial charge in [0.15, 0.2) is 5.41 Å². The molecule has 0 saturated carbocycles. The smallest absolute Gasteiger partial charge is 0.198 e. The largest absolute Gasteiger partial charge is 0.460 e. The molecule has 0 nitrogen and oxygen atoms in total. The third-order valence-corrected chi connectivity index (χ3v) is 6.18. The lowest BCUT2D eigenvalue weighted by Crippen LogP contribution is -2.76. The van der Waals surface area contributed by atoms with Gasteiger partial charge in [0.25, 0.3) is 0 Å². The van der Waals surface area contributed by atoms with Crippen LogP contribution in [0.15, 0.2) is 48.5 Å². The topological polar surface area (TPSA) is 0 Å². The molecule has 0 bridgehead atoms. The first kappa shape index (κ1) is 30.7. The van der Waals surface area contributed by atoms with Crippen molar-refractivity contribution >= 4 is 0 Å². The molecular weight excluding hydrogens is 594 g/mol. The van der Waals surface area contributed by atoms with Crippen molar-refractivity contribution in [3.63, 3.8) is 0 Å². The molecule has 3 rings (SSSR count). The Morgan fingerprint density at radius 2 is 0.615 bits per heavy atom. The van der Waals surface area contributed by atoms with Gasteiger partial charge in [-0.25, -0.2) is 0 Å². The van der Waals surface area contributed by atoms with Gasteiger partial charge in [-0.2, -0.15) is 79.0 Å². The van der Waals surface area contributed by atoms with Gasteiger partial charge in [-0.3, -0.25) is 0 Å². The molecule has 0 aromatic heterocycles. The van der Waals surface area contributed by atoms with Crippen LogP contribution in [0, 0.1) is 0 Å². The molecule has 2 aromatic carbocycles. The summed E-state index contributed by atoms with van der Waals surface area (Å²) in [7, 11) is 0. The first-order chi connectivity index (χ1) is 17.2. The van der Waals surface area contributed by atoms with Crippen LogP contribution in [0.4, 0.5) is 79.0 Å². The van der Waals surface area contributed by atoms with Crippen LogP contribution in [0.25, 0.3) is 11.1 Å². The third-order valence-electron chi connectivity index (χ3n) is 6.18. The Morgan fingerprint density at radius 3 is 0.872 bits per heavy atom. The normalized spacial score (nSPS) is 17.2. The van der Waals surface area contributed by atoms with E-state index in [9.17, 15) is 61.5 Å². The van der Waals surface area contributed by atoms with Gasteiger partial charge < -0.3 is 0 Å². The molecule has 1 aliphatic carbocycles. The van der Waals surface area contributed by atoms with E-state index in [1.54, 1.807) is 0 Å². The summed E-state index contributed by atoms with van der Waals surface area (Å²) in [5.74, 6) is -48.0. The van der Waals surface area contributed by atoms with Crippen LogP contribution in [-0.2, 0) is 5.41 Å². The predicted octanol–water partition coefficient (Wildman–Crippen LogP) is 8.89. The molecule has 0 heterocycles. The van der Waals surface area contributed by atoms with Crippen molar-refractivity contribution in [3.05, 3.63) is 59.7 Å². The summed E-state index contributed by atoms with van der Waals surface area (Å²) in [6.07, 6.45) is -15.4. The molecule has 218 valence electrons. The van der Waals surface area contributed by atoms with Crippen LogP contribution in [-0.4, -0.2) is 47.9 Å². The maximum Gasteiger partial charge on any atom is 0.460 e. The average molecular weight is 602 g/mol. The van der Waals surface area contributed by atoms with Crippen molar-refractivity contribution in [1.82, 2.24) is 0 Å². The van der Waals surface area contributed by atoms with Gasteiger partial charge in [-0.05, 0) is 22.3 Å². The van der Waals surface area contributed by atoms with Crippen LogP contribution < -0.4 is 0 Å². The highest BCUT2D eigenvalue weighted by molar-refractivity contribution is 5.83. The summed E-state index contributed by atoms with van der Waals surface area (Å²) < 4.78 is 252. The van der Waals surface area contributed by atoms with E-state index in [4.69, 9.17) is 0 Å². The Balaban J connectivity index is 2.63. The standard InChI is InChI=1S/C21H8F18/c22-14(23,16(26,27)18(30,31)20(34,35)36)13(15(24,25)17(28,29)19(32,33)21(37,38)39)11-7-3-1-5-9(11)10-6-2-4-8-12(10)13/h1-8H. The highest BCUT2D eigenvalue weighted by atomic mass is 19.4. The summed E-state index contributed by atoms with van der Waals surface area (Å²) in [5.41, 5.74) is -13.6. The number of hydrogen-bond donors (Lipinski definition) is 0. The molecule has 0 N–H and O–H groups in total. The highest BCUT2D eigenvalue weighted by Gasteiger charge is 2.95. The maximum absolute atomic E-state index is 15.6. The lowest BCUT2D eigenvalue weighted by Gasteiger charge is -2.50. The van der Waals surface area contributed by atoms with Gasteiger partial charge >= 0.3 is 47.9 Å². The predicted molar refractivity (Wildman–Crippen MR) is 94.4 cm³/mol. The number of rotatable bonds is 6. The molecule has 0 atom stereocenters. The zero-order valence-electron chi connectivity index (χ0n) is 17.9. The lowest BCUT2D eigenvalue weighted by atomic mass is 9.63. The second kappa shape index (κ2) is 8.11. The zero-order chi connectivity index (χ0) is 30.5. The second-order valence-electron chi connectivity index (χ2n) is 8.28. The van der Waals surface area contributed by atoms with E-state index >= 15 is 17.6 Å². The summed E-state index contributed by atoms with van der Waals surface area (Å²) in [4.78, 5) is 0. The maximum atomic E-state index is 15.6. The SMILES string of the molecule is FC(F)(F)C(F)(F)C(F)(F)C(F)(F)C1(C(F)(F)C(F)(F)C(F)(F)C(F)(F)F)c2ccccc2-c2ccccc21. The number of fused-ring (bicyclic) bond motifs is 3. The Labute approximate surface area is 204 Å². The number of hydrogen-bond acceptors (Lipinski definition) is 0. The lowest BCUT2D eigenvalue weighted by molar-refractivity contribution is -0.438. The van der Waals surface area contributed by atoms with Crippen molar-refractivity contribution < 1.29 is 79.0 Å². The third kappa shape index (κ3) is 3.37. The van der Waals surface area contributed by atoms with Gasteiger partial charge in [0.2, 0.25) is 0 Å². The molecule has 0 radical (unpaired) electrons. The molecule has 18 heteroatoms. The summed E-state index contributed by atoms with van der Waals surface area (Å²) in [5, 5.41) is 0. The van der Waals surface area contributed by atoms with Crippen LogP contribution in [0.3, 0.4) is 0 Å². The summed E-state index contributed by atoms with van der Waals surface area (Å²) in [6.45, 7) is 0. The quantitative estimate of drug-likeness (QED) is 0.290. The molecule has 0 amide bonds. The van der Waals surface area contributed by atoms with E-state index in [1.807, 2.05) is 0 Å². The fraction of sp³-hybridized carbons (Fsp3) is 0.429. The van der Waals surface area contributed by atoms with E-state index < -0.39 is 75.6 Å². The number of alkyl halides is 18. The molecule has 0 saturated heterocycles. The Hall–Kier alpha value is -2.82. The van der Waals surface area contributed by atoms with Crippen molar-refractivity contribution in [2.24, 2.45) is 0 Å². The van der Waals surface area contributed by atoms with Crippen molar-refractivity contribution in [2.45, 2.75) is 53.3 Å². The first-order valence-electron chi connectivity index (χ1n) is 9.81. The Bertz CT molecular complexity index is 1150. The number of benzene rings is 2. The van der Waals surface area contributed by atoms with E-state index in [0.29, 0.717) is 36.4 Å². The van der Waals surface area contributed by atoms with E-state index in [0.717, 1.165) is 0 Å². The molecule has 2 aromatic rings. The van der Waals surface area contributed by atoms with Crippen LogP contribution in [0.1, 0.15) is 11.1 Å². The Kier molecular flexibility index (Phi) is 6.39. The van der Waals surface area contributed by atoms with Crippen LogP contribution >= 0.6 is 0 Å². The van der Waals surface area contributed by atoms with Gasteiger partial charge in [-0.15, -0.1) is 0 Å². The molecular formula is C21H8F18. The minimum atomic E-state index is -8.16. The highest BCUT2D eigenvalue weighted by Crippen LogP contribution is 2.72. The molecule has 0 unspecified atom stereocenters. The van der Waals surface area contributed by atoms with Crippen molar-refractivity contribution in [1.29, 1.82) is 0 Å². The van der Waals surface area contributed by atoms with Crippen molar-refractivity contribution in [3.8, 4) is 11.1 Å². The molecule has 0 spiro atoms. The molecule has 0 fully saturated rings. The molecule has 39 heavy (non-hydrogen) atoms. The second-order valence-corrected chi connectivity index (χ2v) is 8.28. The Morgan fingerprint density at radius 1 is 0.359 bits per heavy atom. The minimum absolute atomic E-state index is 0.208. The summed E-state index contributed by atoms with van der Waals surface area (Å²) in [6, 6.07) is 2.45. The zero-order valence-corrected chi connectivity index (χ0v) is 17.9. The first-order valence-corrected chi connectivity index (χ1v) is 9.81. The average Bonchev–Trinajstić information content (AvgIpc) is 3.09. The molecule has 1 aliphatic rings. The van der Waals surface area contributed by atoms with Gasteiger partial charge in [0.05, 0.1) is 0 Å². The fourth-order valence-electron chi connectivity index (χ4n) is 4.33. The van der Waals surface area contributed by atoms with Crippen molar-refractivity contribution in [2.75, 3.05) is 0 Å². The van der Waals surface area contributed by atoms with Gasteiger partial charge in [-0.1, -0.05) is 48.5 Å². The fourth-order valence-corrected chi connectivity index (χ4v) is 4.33. The monoisotopic (exact) mass is 602 g/mol. The van der Waals surface area contributed by atoms with E-state index in [1.165, 1.54) is 0 Å². The minimum Gasteiger partial charge on any atom is -0.198 e. The number of halogens is 18. The molecule has 0 aliphatic heterocycles. The van der Waals surface area contributed by atoms with Crippen LogP contribution in [0.5, 0.6) is 0 Å². The summed E-state index contributed by atoms with van der Waals surface area (Å²) >= 11 is 0. The van der Waals surface area contributed by atoms with E-state index in [-0.39, 0.29) is 12.1 Å². The van der Waals surface area contributed by atoms with Crippen LogP contribution in [0.2, 0.25) is 0 Å².